The highest BCUT2D eigenvalue weighted by Gasteiger charge is 2.33. The van der Waals surface area contributed by atoms with E-state index < -0.39 is 0 Å². The maximum atomic E-state index is 13.5. The lowest BCUT2D eigenvalue weighted by Crippen LogP contribution is -2.51. The number of halogens is 1. The van der Waals surface area contributed by atoms with Crippen molar-refractivity contribution in [1.82, 2.24) is 10.6 Å². The number of nitrogens with zero attached hydrogens (tertiary/aromatic N) is 1. The van der Waals surface area contributed by atoms with Gasteiger partial charge in [0.2, 0.25) is 0 Å². The van der Waals surface area contributed by atoms with Gasteiger partial charge in [-0.25, -0.2) is 9.38 Å². The molecule has 1 heterocycles. The van der Waals surface area contributed by atoms with E-state index in [4.69, 9.17) is 4.74 Å². The van der Waals surface area contributed by atoms with E-state index in [9.17, 15) is 4.39 Å². The van der Waals surface area contributed by atoms with E-state index in [0.717, 1.165) is 26.3 Å². The van der Waals surface area contributed by atoms with Crippen LogP contribution in [0.25, 0.3) is 0 Å². The van der Waals surface area contributed by atoms with Crippen LogP contribution >= 0.6 is 0 Å². The smallest absolute Gasteiger partial charge is 0.191 e. The van der Waals surface area contributed by atoms with Crippen LogP contribution < -0.4 is 10.6 Å². The Morgan fingerprint density at radius 3 is 2.70 bits per heavy atom. The van der Waals surface area contributed by atoms with Gasteiger partial charge in [0.25, 0.3) is 0 Å². The summed E-state index contributed by atoms with van der Waals surface area (Å²) in [5, 5.41) is 6.46. The summed E-state index contributed by atoms with van der Waals surface area (Å²) in [6, 6.07) is 6.71. The summed E-state index contributed by atoms with van der Waals surface area (Å²) in [7, 11) is 0. The molecule has 0 aliphatic carbocycles. The Bertz CT molecular complexity index is 472. The van der Waals surface area contributed by atoms with Crippen molar-refractivity contribution in [3.8, 4) is 0 Å². The minimum Gasteiger partial charge on any atom is -0.380 e. The molecule has 110 valence electrons. The molecule has 1 fully saturated rings. The van der Waals surface area contributed by atoms with Gasteiger partial charge in [0, 0.05) is 24.1 Å². The molecule has 0 atom stereocenters. The van der Waals surface area contributed by atoms with Crippen molar-refractivity contribution < 1.29 is 9.13 Å². The highest BCUT2D eigenvalue weighted by Crippen LogP contribution is 2.24. The second-order valence-corrected chi connectivity index (χ2v) is 5.44. The van der Waals surface area contributed by atoms with Crippen LogP contribution in [0.15, 0.2) is 29.3 Å². The third-order valence-electron chi connectivity index (χ3n) is 3.29. The molecule has 2 rings (SSSR count). The number of benzene rings is 1. The summed E-state index contributed by atoms with van der Waals surface area (Å²) >= 11 is 0. The number of rotatable bonds is 5. The van der Waals surface area contributed by atoms with Crippen molar-refractivity contribution in [2.75, 3.05) is 26.3 Å². The SMILES string of the molecule is CCNC(=NCc1ccccc1F)NCC1(C)COC1. The molecule has 1 aromatic rings. The maximum Gasteiger partial charge on any atom is 0.191 e. The lowest BCUT2D eigenvalue weighted by molar-refractivity contribution is -0.0971. The third-order valence-corrected chi connectivity index (χ3v) is 3.29. The highest BCUT2D eigenvalue weighted by atomic mass is 19.1. The second kappa shape index (κ2) is 6.70. The Labute approximate surface area is 119 Å². The van der Waals surface area contributed by atoms with Crippen molar-refractivity contribution in [2.24, 2.45) is 10.4 Å². The van der Waals surface area contributed by atoms with Crippen LogP contribution in [-0.2, 0) is 11.3 Å². The molecule has 0 bridgehead atoms. The summed E-state index contributed by atoms with van der Waals surface area (Å²) in [5.74, 6) is 0.496. The third kappa shape index (κ3) is 3.93. The fourth-order valence-corrected chi connectivity index (χ4v) is 1.98. The summed E-state index contributed by atoms with van der Waals surface area (Å²) in [5.41, 5.74) is 0.775. The topological polar surface area (TPSA) is 45.7 Å². The molecule has 1 aliphatic heterocycles. The van der Waals surface area contributed by atoms with Crippen molar-refractivity contribution in [2.45, 2.75) is 20.4 Å². The monoisotopic (exact) mass is 279 g/mol. The minimum atomic E-state index is -0.216. The first-order valence-electron chi connectivity index (χ1n) is 6.96. The molecule has 1 aliphatic rings. The molecule has 4 nitrogen and oxygen atoms in total. The zero-order valence-electron chi connectivity index (χ0n) is 12.1. The van der Waals surface area contributed by atoms with E-state index in [2.05, 4.69) is 22.5 Å². The van der Waals surface area contributed by atoms with Gasteiger partial charge in [-0.15, -0.1) is 0 Å². The fourth-order valence-electron chi connectivity index (χ4n) is 1.98. The average molecular weight is 279 g/mol. The number of ether oxygens (including phenoxy) is 1. The molecule has 0 saturated carbocycles. The normalized spacial score (nSPS) is 17.4. The lowest BCUT2D eigenvalue weighted by atomic mass is 9.89. The highest BCUT2D eigenvalue weighted by molar-refractivity contribution is 5.79. The standard InChI is InChI=1S/C15H22FN3O/c1-3-17-14(19-9-15(2)10-20-11-15)18-8-12-6-4-5-7-13(12)16/h4-7H,3,8-11H2,1-2H3,(H2,17,18,19). The number of guanidine groups is 1. The van der Waals surface area contributed by atoms with Gasteiger partial charge in [-0.05, 0) is 13.0 Å². The zero-order valence-corrected chi connectivity index (χ0v) is 12.1. The van der Waals surface area contributed by atoms with E-state index >= 15 is 0 Å². The Balaban J connectivity index is 1.93. The summed E-state index contributed by atoms with van der Waals surface area (Å²) in [6.07, 6.45) is 0. The zero-order chi connectivity index (χ0) is 14.4. The number of nitrogens with one attached hydrogen (secondary N) is 2. The van der Waals surface area contributed by atoms with Crippen LogP contribution in [0.3, 0.4) is 0 Å². The maximum absolute atomic E-state index is 13.5. The molecule has 20 heavy (non-hydrogen) atoms. The van der Waals surface area contributed by atoms with Crippen molar-refractivity contribution in [3.05, 3.63) is 35.6 Å². The Kier molecular flexibility index (Phi) is 4.95. The minimum absolute atomic E-state index is 0.175. The summed E-state index contributed by atoms with van der Waals surface area (Å²) in [4.78, 5) is 4.42. The van der Waals surface area contributed by atoms with Crippen LogP contribution in [0, 0.1) is 11.2 Å². The average Bonchev–Trinajstić information content (AvgIpc) is 2.41. The van der Waals surface area contributed by atoms with Crippen molar-refractivity contribution >= 4 is 5.96 Å². The lowest BCUT2D eigenvalue weighted by Gasteiger charge is -2.38. The molecular formula is C15H22FN3O. The molecule has 0 amide bonds. The van der Waals surface area contributed by atoms with Gasteiger partial charge in [0.15, 0.2) is 5.96 Å². The summed E-state index contributed by atoms with van der Waals surface area (Å²) < 4.78 is 18.8. The van der Waals surface area contributed by atoms with Gasteiger partial charge in [0.1, 0.15) is 5.82 Å². The number of hydrogen-bond acceptors (Lipinski definition) is 2. The largest absolute Gasteiger partial charge is 0.380 e. The van der Waals surface area contributed by atoms with Crippen LogP contribution in [0.2, 0.25) is 0 Å². The molecule has 0 radical (unpaired) electrons. The van der Waals surface area contributed by atoms with Gasteiger partial charge in [-0.3, -0.25) is 0 Å². The van der Waals surface area contributed by atoms with Gasteiger partial charge in [-0.2, -0.15) is 0 Å². The van der Waals surface area contributed by atoms with E-state index in [1.54, 1.807) is 12.1 Å². The second-order valence-electron chi connectivity index (χ2n) is 5.44. The molecule has 2 N–H and O–H groups in total. The van der Waals surface area contributed by atoms with E-state index in [0.29, 0.717) is 18.1 Å². The predicted molar refractivity (Wildman–Crippen MR) is 78.1 cm³/mol. The van der Waals surface area contributed by atoms with Crippen LogP contribution in [0.4, 0.5) is 4.39 Å². The first kappa shape index (κ1) is 14.8. The molecule has 0 spiro atoms. The van der Waals surface area contributed by atoms with Crippen LogP contribution in [-0.4, -0.2) is 32.3 Å². The van der Waals surface area contributed by atoms with Gasteiger partial charge >= 0.3 is 0 Å². The molecule has 1 aromatic carbocycles. The van der Waals surface area contributed by atoms with Crippen molar-refractivity contribution in [1.29, 1.82) is 0 Å². The first-order chi connectivity index (χ1) is 9.63. The summed E-state index contributed by atoms with van der Waals surface area (Å²) in [6.45, 7) is 7.62. The van der Waals surface area contributed by atoms with E-state index in [-0.39, 0.29) is 11.2 Å². The van der Waals surface area contributed by atoms with Crippen LogP contribution in [0.5, 0.6) is 0 Å². The van der Waals surface area contributed by atoms with Gasteiger partial charge < -0.3 is 15.4 Å². The van der Waals surface area contributed by atoms with E-state index in [1.165, 1.54) is 6.07 Å². The molecule has 0 unspecified atom stereocenters. The molecule has 1 saturated heterocycles. The number of aliphatic imine (C=N–C) groups is 1. The molecule has 0 aromatic heterocycles. The number of hydrogen-bond donors (Lipinski definition) is 2. The predicted octanol–water partition coefficient (Wildman–Crippen LogP) is 1.92. The van der Waals surface area contributed by atoms with E-state index in [1.807, 2.05) is 13.0 Å². The van der Waals surface area contributed by atoms with Gasteiger partial charge in [-0.1, -0.05) is 25.1 Å². The molecular weight excluding hydrogens is 257 g/mol. The fraction of sp³-hybridized carbons (Fsp3) is 0.533. The first-order valence-corrected chi connectivity index (χ1v) is 6.96. The van der Waals surface area contributed by atoms with Crippen LogP contribution in [0.1, 0.15) is 19.4 Å². The Hall–Kier alpha value is -1.62. The molecule has 5 heteroatoms. The van der Waals surface area contributed by atoms with Gasteiger partial charge in [0.05, 0.1) is 19.8 Å². The Morgan fingerprint density at radius 1 is 1.35 bits per heavy atom. The quantitative estimate of drug-likeness (QED) is 0.639. The Morgan fingerprint density at radius 2 is 2.10 bits per heavy atom. The van der Waals surface area contributed by atoms with Crippen molar-refractivity contribution in [3.63, 3.8) is 0 Å².